The molecule has 0 aromatic carbocycles. The number of carboxylic acids is 3. The van der Waals surface area contributed by atoms with Gasteiger partial charge in [0.25, 0.3) is 0 Å². The van der Waals surface area contributed by atoms with Crippen molar-refractivity contribution in [1.29, 1.82) is 0 Å². The van der Waals surface area contributed by atoms with Gasteiger partial charge in [0.15, 0.2) is 18.1 Å². The molecule has 0 spiro atoms. The van der Waals surface area contributed by atoms with Crippen LogP contribution in [0.1, 0.15) is 175 Å². The molecule has 0 bridgehead atoms. The van der Waals surface area contributed by atoms with Crippen LogP contribution in [-0.2, 0) is 14.4 Å². The van der Waals surface area contributed by atoms with Crippen molar-refractivity contribution >= 4 is 17.9 Å². The standard InChI is InChI=1S/C36H67NO6/c1-5-9-10-11-12-13-14-15-16-17-18-19-20-21-22-23-24-25-26-27-28-29-30-37(31(6-2)34(38)39,32(7-3)35(40)41)33(8-4)36(42)43/h28-29,31-33H,5-27,30H2,1-4H3,(H2-,38,39,40,41,42,43)/p+1/b29-28+. The van der Waals surface area contributed by atoms with Crippen LogP contribution >= 0.6 is 0 Å². The van der Waals surface area contributed by atoms with Crippen LogP contribution in [0.15, 0.2) is 12.2 Å². The summed E-state index contributed by atoms with van der Waals surface area (Å²) in [5, 5.41) is 30.0. The minimum Gasteiger partial charge on any atom is -0.477 e. The fourth-order valence-corrected chi connectivity index (χ4v) is 6.91. The molecule has 0 aromatic heterocycles. The summed E-state index contributed by atoms with van der Waals surface area (Å²) < 4.78 is -0.487. The van der Waals surface area contributed by atoms with E-state index in [4.69, 9.17) is 0 Å². The van der Waals surface area contributed by atoms with Gasteiger partial charge >= 0.3 is 17.9 Å². The predicted molar refractivity (Wildman–Crippen MR) is 177 cm³/mol. The van der Waals surface area contributed by atoms with Crippen LogP contribution in [-0.4, -0.2) is 62.4 Å². The predicted octanol–water partition coefficient (Wildman–Crippen LogP) is 9.77. The van der Waals surface area contributed by atoms with E-state index in [2.05, 4.69) is 6.92 Å². The van der Waals surface area contributed by atoms with Gasteiger partial charge in [0.1, 0.15) is 0 Å². The number of carboxylic acid groups (broad SMARTS) is 3. The summed E-state index contributed by atoms with van der Waals surface area (Å²) in [7, 11) is 0. The minimum absolute atomic E-state index is 0.0829. The van der Waals surface area contributed by atoms with Crippen LogP contribution in [0.3, 0.4) is 0 Å². The molecule has 7 nitrogen and oxygen atoms in total. The quantitative estimate of drug-likeness (QED) is 0.0409. The number of hydrogen-bond acceptors (Lipinski definition) is 3. The Morgan fingerprint density at radius 2 is 0.744 bits per heavy atom. The Kier molecular flexibility index (Phi) is 25.3. The number of unbranched alkanes of at least 4 members (excludes halogenated alkanes) is 19. The third kappa shape index (κ3) is 16.7. The third-order valence-electron chi connectivity index (χ3n) is 9.32. The first-order chi connectivity index (χ1) is 20.7. The maximum absolute atomic E-state index is 12.3. The summed E-state index contributed by atoms with van der Waals surface area (Å²) in [5.41, 5.74) is 0. The van der Waals surface area contributed by atoms with Gasteiger partial charge in [-0.05, 0) is 18.9 Å². The molecule has 0 aromatic rings. The summed E-state index contributed by atoms with van der Waals surface area (Å²) in [5.74, 6) is -3.43. The van der Waals surface area contributed by atoms with Gasteiger partial charge in [-0.25, -0.2) is 14.4 Å². The molecule has 0 heterocycles. The molecule has 0 rings (SSSR count). The van der Waals surface area contributed by atoms with Crippen LogP contribution in [0.4, 0.5) is 0 Å². The Labute approximate surface area is 264 Å². The Bertz CT molecular complexity index is 697. The second-order valence-corrected chi connectivity index (χ2v) is 12.6. The number of aliphatic carboxylic acids is 3. The lowest BCUT2D eigenvalue weighted by Gasteiger charge is -2.49. The molecule has 0 aliphatic rings. The monoisotopic (exact) mass is 611 g/mol. The highest BCUT2D eigenvalue weighted by atomic mass is 16.4. The van der Waals surface area contributed by atoms with Gasteiger partial charge in [0.05, 0.1) is 6.54 Å². The number of allylic oxidation sites excluding steroid dienone is 1. The lowest BCUT2D eigenvalue weighted by Crippen LogP contribution is -2.72. The van der Waals surface area contributed by atoms with Crippen LogP contribution in [0.25, 0.3) is 0 Å². The SMILES string of the molecule is CCCCCCCCCCCCCCCCCCCCC/C=C/C[N+](C(CC)C(=O)O)(C(CC)C(=O)O)C(CC)C(=O)O. The van der Waals surface area contributed by atoms with Gasteiger partial charge in [-0.15, -0.1) is 0 Å². The summed E-state index contributed by atoms with van der Waals surface area (Å²) in [6.45, 7) is 7.43. The van der Waals surface area contributed by atoms with Crippen molar-refractivity contribution in [2.75, 3.05) is 6.54 Å². The Morgan fingerprint density at radius 1 is 0.465 bits per heavy atom. The van der Waals surface area contributed by atoms with Crippen LogP contribution < -0.4 is 0 Å². The summed E-state index contributed by atoms with van der Waals surface area (Å²) in [4.78, 5) is 36.8. The van der Waals surface area contributed by atoms with Gasteiger partial charge in [-0.3, -0.25) is 4.48 Å². The Balaban J connectivity index is 4.36. The lowest BCUT2D eigenvalue weighted by molar-refractivity contribution is -0.968. The lowest BCUT2D eigenvalue weighted by atomic mass is 9.94. The molecular formula is C36H68NO6+. The summed E-state index contributed by atoms with van der Waals surface area (Å²) in [6, 6.07) is -3.33. The van der Waals surface area contributed by atoms with Crippen LogP contribution in [0, 0.1) is 0 Å². The van der Waals surface area contributed by atoms with Crippen molar-refractivity contribution in [2.24, 2.45) is 0 Å². The van der Waals surface area contributed by atoms with Crippen molar-refractivity contribution in [3.05, 3.63) is 12.2 Å². The molecule has 0 aliphatic heterocycles. The maximum atomic E-state index is 12.3. The van der Waals surface area contributed by atoms with E-state index in [1.807, 2.05) is 12.2 Å². The van der Waals surface area contributed by atoms with Gasteiger partial charge in [-0.1, -0.05) is 149 Å². The molecule has 7 heteroatoms. The van der Waals surface area contributed by atoms with Gasteiger partial charge in [-0.2, -0.15) is 0 Å². The first-order valence-electron chi connectivity index (χ1n) is 17.9. The molecule has 0 aliphatic carbocycles. The fourth-order valence-electron chi connectivity index (χ4n) is 6.91. The maximum Gasteiger partial charge on any atom is 0.362 e. The summed E-state index contributed by atoms with van der Waals surface area (Å²) in [6.07, 6.45) is 30.5. The van der Waals surface area contributed by atoms with Crippen LogP contribution in [0.5, 0.6) is 0 Å². The van der Waals surface area contributed by atoms with Crippen molar-refractivity contribution in [3.8, 4) is 0 Å². The zero-order chi connectivity index (χ0) is 32.3. The zero-order valence-corrected chi connectivity index (χ0v) is 28.4. The van der Waals surface area contributed by atoms with E-state index in [-0.39, 0.29) is 25.8 Å². The molecule has 43 heavy (non-hydrogen) atoms. The second kappa shape index (κ2) is 26.5. The number of carbonyl (C=O) groups is 3. The zero-order valence-electron chi connectivity index (χ0n) is 28.4. The summed E-state index contributed by atoms with van der Waals surface area (Å²) >= 11 is 0. The van der Waals surface area contributed by atoms with Crippen molar-refractivity contribution in [3.63, 3.8) is 0 Å². The van der Waals surface area contributed by atoms with E-state index in [0.29, 0.717) is 0 Å². The third-order valence-corrected chi connectivity index (χ3v) is 9.32. The molecule has 0 fully saturated rings. The average Bonchev–Trinajstić information content (AvgIpc) is 2.96. The van der Waals surface area contributed by atoms with Crippen molar-refractivity contribution in [1.82, 2.24) is 0 Å². The average molecular weight is 611 g/mol. The first kappa shape index (κ1) is 41.1. The fraction of sp³-hybridized carbons (Fsp3) is 0.861. The highest BCUT2D eigenvalue weighted by molar-refractivity contribution is 5.78. The topological polar surface area (TPSA) is 112 Å². The van der Waals surface area contributed by atoms with Crippen molar-refractivity contribution in [2.45, 2.75) is 193 Å². The number of rotatable bonds is 31. The number of hydrogen-bond donors (Lipinski definition) is 3. The number of quaternary nitrogens is 1. The molecule has 0 radical (unpaired) electrons. The van der Waals surface area contributed by atoms with Crippen LogP contribution in [0.2, 0.25) is 0 Å². The van der Waals surface area contributed by atoms with E-state index >= 15 is 0 Å². The van der Waals surface area contributed by atoms with E-state index in [0.717, 1.165) is 19.3 Å². The van der Waals surface area contributed by atoms with E-state index in [9.17, 15) is 29.7 Å². The highest BCUT2D eigenvalue weighted by Crippen LogP contribution is 2.31. The van der Waals surface area contributed by atoms with Gasteiger partial charge < -0.3 is 15.3 Å². The molecule has 3 atom stereocenters. The van der Waals surface area contributed by atoms with E-state index in [1.165, 1.54) is 109 Å². The minimum atomic E-state index is -1.14. The van der Waals surface area contributed by atoms with Gasteiger partial charge in [0, 0.05) is 19.3 Å². The van der Waals surface area contributed by atoms with E-state index in [1.54, 1.807) is 20.8 Å². The Hall–Kier alpha value is -1.89. The Morgan fingerprint density at radius 3 is 1.00 bits per heavy atom. The number of nitrogens with zero attached hydrogens (tertiary/aromatic N) is 1. The molecule has 0 saturated heterocycles. The molecule has 252 valence electrons. The largest absolute Gasteiger partial charge is 0.477 e. The highest BCUT2D eigenvalue weighted by Gasteiger charge is 2.55. The molecule has 3 unspecified atom stereocenters. The second-order valence-electron chi connectivity index (χ2n) is 12.6. The molecule has 0 saturated carbocycles. The van der Waals surface area contributed by atoms with Crippen molar-refractivity contribution < 1.29 is 34.2 Å². The normalized spacial score (nSPS) is 15.3. The first-order valence-corrected chi connectivity index (χ1v) is 17.9. The molecule has 3 N–H and O–H groups in total. The van der Waals surface area contributed by atoms with E-state index < -0.39 is 40.5 Å². The van der Waals surface area contributed by atoms with Gasteiger partial charge in [0.2, 0.25) is 0 Å². The molecular weight excluding hydrogens is 542 g/mol. The molecule has 0 amide bonds. The smallest absolute Gasteiger partial charge is 0.362 e.